The van der Waals surface area contributed by atoms with Crippen molar-refractivity contribution < 1.29 is 4.74 Å². The van der Waals surface area contributed by atoms with Crippen LogP contribution in [0.2, 0.25) is 5.02 Å². The number of nitrogens with two attached hydrogens (primary N) is 1. The molecule has 6 rings (SSSR count). The number of aromatic nitrogens is 3. The van der Waals surface area contributed by atoms with E-state index in [1.54, 1.807) is 6.20 Å². The maximum Gasteiger partial charge on any atom is 0.142 e. The van der Waals surface area contributed by atoms with Gasteiger partial charge in [0.05, 0.1) is 30.0 Å². The van der Waals surface area contributed by atoms with Gasteiger partial charge in [0.2, 0.25) is 0 Å². The minimum atomic E-state index is 0.323. The first kappa shape index (κ1) is 17.5. The average Bonchev–Trinajstić information content (AvgIpc) is 3.00. The minimum Gasteiger partial charge on any atom is -0.382 e. The van der Waals surface area contributed by atoms with Crippen LogP contribution in [0.1, 0.15) is 37.9 Å². The van der Waals surface area contributed by atoms with E-state index < -0.39 is 0 Å². The number of halogens is 1. The van der Waals surface area contributed by atoms with E-state index in [1.807, 2.05) is 6.07 Å². The Balaban J connectivity index is 1.44. The molecule has 2 unspecified atom stereocenters. The quantitative estimate of drug-likeness (QED) is 0.872. The van der Waals surface area contributed by atoms with Crippen molar-refractivity contribution in [1.29, 1.82) is 0 Å². The van der Waals surface area contributed by atoms with Crippen LogP contribution in [0.25, 0.3) is 11.3 Å². The molecule has 2 N–H and O–H groups in total. The summed E-state index contributed by atoms with van der Waals surface area (Å²) in [5, 5.41) is 5.38. The predicted molar refractivity (Wildman–Crippen MR) is 106 cm³/mol. The molecule has 3 saturated heterocycles. The van der Waals surface area contributed by atoms with E-state index >= 15 is 0 Å². The van der Waals surface area contributed by atoms with Crippen molar-refractivity contribution in [3.63, 3.8) is 0 Å². The van der Waals surface area contributed by atoms with Gasteiger partial charge in [-0.15, -0.1) is 0 Å². The van der Waals surface area contributed by atoms with Gasteiger partial charge in [-0.05, 0) is 44.2 Å². The van der Waals surface area contributed by atoms with E-state index in [2.05, 4.69) is 34.5 Å². The fourth-order valence-electron chi connectivity index (χ4n) is 4.94. The summed E-state index contributed by atoms with van der Waals surface area (Å²) in [6, 6.07) is 5.07. The lowest BCUT2D eigenvalue weighted by Gasteiger charge is -2.56. The molecule has 3 aliphatic heterocycles. The Morgan fingerprint density at radius 2 is 1.96 bits per heavy atom. The van der Waals surface area contributed by atoms with E-state index in [0.29, 0.717) is 28.8 Å². The van der Waals surface area contributed by atoms with Gasteiger partial charge in [0.1, 0.15) is 5.82 Å². The van der Waals surface area contributed by atoms with Gasteiger partial charge in [0.15, 0.2) is 0 Å². The van der Waals surface area contributed by atoms with Gasteiger partial charge in [-0.2, -0.15) is 5.10 Å². The molecule has 144 valence electrons. The highest BCUT2D eigenvalue weighted by Gasteiger charge is 2.50. The molecule has 4 aliphatic rings. The van der Waals surface area contributed by atoms with Gasteiger partial charge >= 0.3 is 0 Å². The molecule has 2 aromatic heterocycles. The first-order valence-corrected chi connectivity index (χ1v) is 10.2. The summed E-state index contributed by atoms with van der Waals surface area (Å²) < 4.78 is 7.59. The second-order valence-corrected chi connectivity index (χ2v) is 8.92. The summed E-state index contributed by atoms with van der Waals surface area (Å²) in [5.41, 5.74) is 8.98. The van der Waals surface area contributed by atoms with Crippen LogP contribution in [0.3, 0.4) is 0 Å². The zero-order valence-corrected chi connectivity index (χ0v) is 16.6. The van der Waals surface area contributed by atoms with Crippen molar-refractivity contribution in [3.05, 3.63) is 29.0 Å². The Morgan fingerprint density at radius 1 is 1.22 bits per heavy atom. The van der Waals surface area contributed by atoms with Gasteiger partial charge in [-0.3, -0.25) is 9.58 Å². The standard InChI is InChI=1S/C20H26ClN5O/c1-11(2)26-18(5-17(24-26)12-4-16(21)20(22)23-6-12)19-13-3-14(19)8-25(7-13)15-9-27-10-15/h4-6,11,13-15,19H,3,7-10H2,1-2H3,(H2,22,23). The number of hydrogen-bond donors (Lipinski definition) is 1. The molecule has 7 heteroatoms. The number of nitrogen functional groups attached to an aromatic ring is 1. The molecule has 0 radical (unpaired) electrons. The summed E-state index contributed by atoms with van der Waals surface area (Å²) in [6.45, 7) is 8.57. The van der Waals surface area contributed by atoms with Gasteiger partial charge < -0.3 is 10.5 Å². The number of piperidine rings is 2. The monoisotopic (exact) mass is 387 g/mol. The molecule has 0 amide bonds. The number of rotatable bonds is 4. The fraction of sp³-hybridized carbons (Fsp3) is 0.600. The van der Waals surface area contributed by atoms with Gasteiger partial charge in [0, 0.05) is 42.5 Å². The van der Waals surface area contributed by atoms with Gasteiger partial charge in [0.25, 0.3) is 0 Å². The fourth-order valence-corrected chi connectivity index (χ4v) is 5.11. The zero-order valence-electron chi connectivity index (χ0n) is 15.8. The van der Waals surface area contributed by atoms with Crippen LogP contribution < -0.4 is 5.73 Å². The Labute approximate surface area is 164 Å². The maximum absolute atomic E-state index is 6.18. The third-order valence-corrected chi connectivity index (χ3v) is 6.76. The molecule has 1 aliphatic carbocycles. The molecule has 0 aromatic carbocycles. The van der Waals surface area contributed by atoms with E-state index in [9.17, 15) is 0 Å². The molecule has 27 heavy (non-hydrogen) atoms. The maximum atomic E-state index is 6.18. The van der Waals surface area contributed by atoms with Gasteiger partial charge in [-0.1, -0.05) is 11.6 Å². The number of ether oxygens (including phenoxy) is 1. The first-order valence-electron chi connectivity index (χ1n) is 9.84. The lowest BCUT2D eigenvalue weighted by atomic mass is 9.60. The van der Waals surface area contributed by atoms with Crippen molar-refractivity contribution in [3.8, 4) is 11.3 Å². The smallest absolute Gasteiger partial charge is 0.142 e. The third-order valence-electron chi connectivity index (χ3n) is 6.46. The molecule has 2 bridgehead atoms. The first-order chi connectivity index (χ1) is 13.0. The van der Waals surface area contributed by atoms with Crippen LogP contribution in [0, 0.1) is 11.8 Å². The van der Waals surface area contributed by atoms with E-state index in [1.165, 1.54) is 25.2 Å². The predicted octanol–water partition coefficient (Wildman–Crippen LogP) is 3.20. The second kappa shape index (κ2) is 6.47. The Kier molecular flexibility index (Phi) is 4.18. The normalized spacial score (nSPS) is 28.2. The van der Waals surface area contributed by atoms with Crippen LogP contribution in [0.5, 0.6) is 0 Å². The van der Waals surface area contributed by atoms with Crippen LogP contribution in [0.4, 0.5) is 5.82 Å². The Bertz CT molecular complexity index is 850. The Morgan fingerprint density at radius 3 is 2.56 bits per heavy atom. The molecule has 5 heterocycles. The number of nitrogens with zero attached hydrogens (tertiary/aromatic N) is 4. The summed E-state index contributed by atoms with van der Waals surface area (Å²) in [6.07, 6.45) is 3.10. The van der Waals surface area contributed by atoms with E-state index in [0.717, 1.165) is 36.3 Å². The molecule has 4 fully saturated rings. The largest absolute Gasteiger partial charge is 0.382 e. The summed E-state index contributed by atoms with van der Waals surface area (Å²) >= 11 is 6.18. The van der Waals surface area contributed by atoms with Crippen molar-refractivity contribution >= 4 is 17.4 Å². The number of anilines is 1. The third kappa shape index (κ3) is 2.85. The summed E-state index contributed by atoms with van der Waals surface area (Å²) in [5.74, 6) is 2.40. The van der Waals surface area contributed by atoms with Crippen LogP contribution in [-0.2, 0) is 4.74 Å². The number of hydrogen-bond acceptors (Lipinski definition) is 5. The summed E-state index contributed by atoms with van der Waals surface area (Å²) in [7, 11) is 0. The van der Waals surface area contributed by atoms with Crippen molar-refractivity contribution in [1.82, 2.24) is 19.7 Å². The number of fused-ring (bicyclic) bond motifs is 2. The minimum absolute atomic E-state index is 0.323. The second-order valence-electron chi connectivity index (χ2n) is 8.51. The average molecular weight is 388 g/mol. The molecule has 2 aromatic rings. The van der Waals surface area contributed by atoms with Crippen LogP contribution in [-0.4, -0.2) is 52.0 Å². The molecule has 6 nitrogen and oxygen atoms in total. The highest BCUT2D eigenvalue weighted by atomic mass is 35.5. The van der Waals surface area contributed by atoms with Crippen LogP contribution >= 0.6 is 11.6 Å². The SMILES string of the molecule is CC(C)n1nc(-c2cnc(N)c(Cl)c2)cc1C1C2CC1CN(C1COC1)C2. The molecule has 2 atom stereocenters. The molecular weight excluding hydrogens is 362 g/mol. The van der Waals surface area contributed by atoms with Crippen molar-refractivity contribution in [2.75, 3.05) is 32.0 Å². The van der Waals surface area contributed by atoms with Crippen molar-refractivity contribution in [2.45, 2.75) is 38.3 Å². The molecule has 0 spiro atoms. The topological polar surface area (TPSA) is 69.2 Å². The highest BCUT2D eigenvalue weighted by Crippen LogP contribution is 2.53. The van der Waals surface area contributed by atoms with E-state index in [4.69, 9.17) is 27.2 Å². The Hall–Kier alpha value is -1.63. The van der Waals surface area contributed by atoms with Crippen LogP contribution in [0.15, 0.2) is 18.3 Å². The zero-order chi connectivity index (χ0) is 18.7. The molecular formula is C20H26ClN5O. The lowest BCUT2D eigenvalue weighted by Crippen LogP contribution is -2.61. The number of pyridine rings is 1. The lowest BCUT2D eigenvalue weighted by molar-refractivity contribution is -0.114. The van der Waals surface area contributed by atoms with Crippen molar-refractivity contribution in [2.24, 2.45) is 11.8 Å². The van der Waals surface area contributed by atoms with Gasteiger partial charge in [-0.25, -0.2) is 4.98 Å². The highest BCUT2D eigenvalue weighted by molar-refractivity contribution is 6.33. The molecule has 1 saturated carbocycles. The van der Waals surface area contributed by atoms with E-state index in [-0.39, 0.29) is 0 Å². The summed E-state index contributed by atoms with van der Waals surface area (Å²) in [4.78, 5) is 6.84.